The Bertz CT molecular complexity index is 334. The van der Waals surface area contributed by atoms with Crippen molar-refractivity contribution in [3.05, 3.63) is 0 Å². The van der Waals surface area contributed by atoms with Crippen molar-refractivity contribution in [3.63, 3.8) is 0 Å². The Morgan fingerprint density at radius 2 is 1.43 bits per heavy atom. The molecule has 0 heterocycles. The Morgan fingerprint density at radius 1 is 1.00 bits per heavy atom. The van der Waals surface area contributed by atoms with Crippen LogP contribution in [0, 0.1) is 0 Å². The molecule has 0 spiro atoms. The molecule has 0 amide bonds. The molecule has 0 bridgehead atoms. The quantitative estimate of drug-likeness (QED) is 0.776. The molecule has 4 nitrogen and oxygen atoms in total. The lowest BCUT2D eigenvalue weighted by Gasteiger charge is -2.30. The second-order valence-corrected chi connectivity index (χ2v) is 8.06. The number of aliphatic carboxylic acids is 1. The minimum absolute atomic E-state index is 0.144. The number of hydrogen-bond acceptors (Lipinski definition) is 4. The van der Waals surface area contributed by atoms with Gasteiger partial charge in [-0.15, -0.1) is 0 Å². The van der Waals surface area contributed by atoms with E-state index in [0.717, 1.165) is 23.8 Å². The van der Waals surface area contributed by atoms with Crippen molar-refractivity contribution in [1.29, 1.82) is 0 Å². The molecule has 23 heavy (non-hydrogen) atoms. The molecule has 2 aliphatic rings. The highest BCUT2D eigenvalue weighted by molar-refractivity contribution is 8.14. The minimum Gasteiger partial charge on any atom is -0.480 e. The maximum absolute atomic E-state index is 10.4. The highest BCUT2D eigenvalue weighted by atomic mass is 32.2. The zero-order valence-corrected chi connectivity index (χ0v) is 15.5. The molecule has 2 rings (SSSR count). The van der Waals surface area contributed by atoms with E-state index in [0.29, 0.717) is 6.42 Å². The lowest BCUT2D eigenvalue weighted by molar-refractivity contribution is -0.136. The molecule has 1 atom stereocenters. The molecule has 0 saturated heterocycles. The molecule has 5 heteroatoms. The van der Waals surface area contributed by atoms with Crippen molar-refractivity contribution in [2.75, 3.05) is 0 Å². The molecule has 2 fully saturated rings. The van der Waals surface area contributed by atoms with Gasteiger partial charge in [-0.1, -0.05) is 57.2 Å². The van der Waals surface area contributed by atoms with Gasteiger partial charge in [0.1, 0.15) is 5.25 Å². The Labute approximate surface area is 145 Å². The summed E-state index contributed by atoms with van der Waals surface area (Å²) in [6.07, 6.45) is 15.1. The third-order valence-corrected chi connectivity index (χ3v) is 5.79. The molecule has 1 unspecified atom stereocenters. The van der Waals surface area contributed by atoms with Crippen molar-refractivity contribution in [1.82, 2.24) is 5.32 Å². The molecule has 0 aromatic carbocycles. The van der Waals surface area contributed by atoms with Gasteiger partial charge in [0.05, 0.1) is 0 Å². The zero-order valence-electron chi connectivity index (χ0n) is 14.7. The van der Waals surface area contributed by atoms with Crippen LogP contribution in [0.5, 0.6) is 0 Å². The maximum Gasteiger partial charge on any atom is 0.317 e. The summed E-state index contributed by atoms with van der Waals surface area (Å²) in [5.41, 5.74) is 0. The SMILES string of the molecule is C1CCC(NC2CCCCC2)CC1.CCC(SC(C)=O)C(=O)O. The summed E-state index contributed by atoms with van der Waals surface area (Å²) in [6.45, 7) is 3.12. The Morgan fingerprint density at radius 3 is 1.70 bits per heavy atom. The van der Waals surface area contributed by atoms with Crippen LogP contribution < -0.4 is 5.32 Å². The van der Waals surface area contributed by atoms with Crippen LogP contribution in [0.4, 0.5) is 0 Å². The van der Waals surface area contributed by atoms with Crippen LogP contribution in [0.2, 0.25) is 0 Å². The van der Waals surface area contributed by atoms with E-state index in [1.165, 1.54) is 71.1 Å². The van der Waals surface area contributed by atoms with Gasteiger partial charge >= 0.3 is 5.97 Å². The molecular formula is C18H33NO3S. The number of thioether (sulfide) groups is 1. The first kappa shape index (κ1) is 20.5. The summed E-state index contributed by atoms with van der Waals surface area (Å²) in [5, 5.41) is 11.6. The van der Waals surface area contributed by atoms with E-state index in [1.54, 1.807) is 6.92 Å². The third kappa shape index (κ3) is 9.36. The van der Waals surface area contributed by atoms with Crippen molar-refractivity contribution in [3.8, 4) is 0 Å². The Hall–Kier alpha value is -0.550. The normalized spacial score (nSPS) is 21.1. The van der Waals surface area contributed by atoms with Crippen LogP contribution in [-0.2, 0) is 9.59 Å². The van der Waals surface area contributed by atoms with Crippen LogP contribution in [0.3, 0.4) is 0 Å². The van der Waals surface area contributed by atoms with Crippen molar-refractivity contribution in [2.24, 2.45) is 0 Å². The zero-order chi connectivity index (χ0) is 17.1. The molecule has 0 aromatic rings. The monoisotopic (exact) mass is 343 g/mol. The standard InChI is InChI=1S/C12H23N.C6H10O3S/c1-3-7-11(8-4-1)13-12-9-5-2-6-10-12;1-3-5(6(8)9)10-4(2)7/h11-13H,1-10H2;5H,3H2,1-2H3,(H,8,9). The first-order chi connectivity index (χ1) is 11.0. The average molecular weight is 344 g/mol. The van der Waals surface area contributed by atoms with E-state index < -0.39 is 11.2 Å². The lowest BCUT2D eigenvalue weighted by atomic mass is 9.91. The number of rotatable bonds is 5. The summed E-state index contributed by atoms with van der Waals surface area (Å²) in [5.74, 6) is -0.914. The number of carboxylic acids is 1. The summed E-state index contributed by atoms with van der Waals surface area (Å²) < 4.78 is 0. The molecular weight excluding hydrogens is 310 g/mol. The van der Waals surface area contributed by atoms with E-state index in [2.05, 4.69) is 5.32 Å². The molecule has 0 aliphatic heterocycles. The van der Waals surface area contributed by atoms with Gasteiger partial charge in [-0.3, -0.25) is 9.59 Å². The molecule has 0 radical (unpaired) electrons. The van der Waals surface area contributed by atoms with Crippen molar-refractivity contribution in [2.45, 2.75) is 102 Å². The molecule has 2 aliphatic carbocycles. The number of carbonyl (C=O) groups excluding carboxylic acids is 1. The summed E-state index contributed by atoms with van der Waals surface area (Å²) >= 11 is 0.869. The van der Waals surface area contributed by atoms with Gasteiger partial charge in [0, 0.05) is 19.0 Å². The summed E-state index contributed by atoms with van der Waals surface area (Å²) in [4.78, 5) is 20.7. The van der Waals surface area contributed by atoms with Gasteiger partial charge in [0.25, 0.3) is 0 Å². The summed E-state index contributed by atoms with van der Waals surface area (Å²) in [7, 11) is 0. The fourth-order valence-corrected chi connectivity index (χ4v) is 4.05. The second kappa shape index (κ2) is 11.9. The van der Waals surface area contributed by atoms with E-state index in [9.17, 15) is 9.59 Å². The number of nitrogens with one attached hydrogen (secondary N) is 1. The van der Waals surface area contributed by atoms with Gasteiger partial charge in [-0.2, -0.15) is 0 Å². The fourth-order valence-electron chi connectivity index (χ4n) is 3.38. The first-order valence-corrected chi connectivity index (χ1v) is 10.1. The van der Waals surface area contributed by atoms with Crippen LogP contribution in [0.15, 0.2) is 0 Å². The Kier molecular flexibility index (Phi) is 10.6. The molecule has 134 valence electrons. The van der Waals surface area contributed by atoms with E-state index in [1.807, 2.05) is 0 Å². The van der Waals surface area contributed by atoms with Gasteiger partial charge in [0.15, 0.2) is 5.12 Å². The highest BCUT2D eigenvalue weighted by Crippen LogP contribution is 2.22. The van der Waals surface area contributed by atoms with E-state index in [-0.39, 0.29) is 5.12 Å². The summed E-state index contributed by atoms with van der Waals surface area (Å²) in [6, 6.07) is 1.74. The maximum atomic E-state index is 10.4. The number of carbonyl (C=O) groups is 2. The van der Waals surface area contributed by atoms with Gasteiger partial charge < -0.3 is 10.4 Å². The van der Waals surface area contributed by atoms with Crippen LogP contribution in [0.1, 0.15) is 84.5 Å². The average Bonchev–Trinajstić information content (AvgIpc) is 2.55. The predicted octanol–water partition coefficient (Wildman–Crippen LogP) is 4.37. The van der Waals surface area contributed by atoms with Gasteiger partial charge in [0.2, 0.25) is 0 Å². The Balaban J connectivity index is 0.000000241. The smallest absolute Gasteiger partial charge is 0.317 e. The first-order valence-electron chi connectivity index (χ1n) is 9.19. The van der Waals surface area contributed by atoms with E-state index >= 15 is 0 Å². The van der Waals surface area contributed by atoms with Crippen LogP contribution in [-0.4, -0.2) is 33.5 Å². The van der Waals surface area contributed by atoms with Crippen LogP contribution >= 0.6 is 11.8 Å². The fraction of sp³-hybridized carbons (Fsp3) is 0.889. The number of hydrogen-bond donors (Lipinski definition) is 2. The largest absolute Gasteiger partial charge is 0.480 e. The molecule has 2 saturated carbocycles. The minimum atomic E-state index is -0.914. The van der Waals surface area contributed by atoms with Crippen molar-refractivity contribution >= 4 is 22.8 Å². The van der Waals surface area contributed by atoms with Crippen LogP contribution in [0.25, 0.3) is 0 Å². The second-order valence-electron chi connectivity index (χ2n) is 6.68. The van der Waals surface area contributed by atoms with Gasteiger partial charge in [-0.25, -0.2) is 0 Å². The number of carboxylic acid groups (broad SMARTS) is 1. The molecule has 0 aromatic heterocycles. The predicted molar refractivity (Wildman–Crippen MR) is 96.9 cm³/mol. The molecule has 2 N–H and O–H groups in total. The highest BCUT2D eigenvalue weighted by Gasteiger charge is 2.19. The van der Waals surface area contributed by atoms with Crippen molar-refractivity contribution < 1.29 is 14.7 Å². The van der Waals surface area contributed by atoms with E-state index in [4.69, 9.17) is 5.11 Å². The topological polar surface area (TPSA) is 66.4 Å². The lowest BCUT2D eigenvalue weighted by Crippen LogP contribution is -2.40. The van der Waals surface area contributed by atoms with Gasteiger partial charge in [-0.05, 0) is 32.1 Å². The third-order valence-electron chi connectivity index (χ3n) is 4.64.